The molecule has 186 valence electrons. The summed E-state index contributed by atoms with van der Waals surface area (Å²) in [5, 5.41) is 1.15. The number of hydrogen-bond donors (Lipinski definition) is 0. The number of rotatable bonds is 8. The fourth-order valence-corrected chi connectivity index (χ4v) is 5.02. The van der Waals surface area contributed by atoms with Crippen LogP contribution in [0.25, 0.3) is 10.9 Å². The molecule has 0 aliphatic carbocycles. The zero-order chi connectivity index (χ0) is 24.9. The minimum atomic E-state index is -0.161. The summed E-state index contributed by atoms with van der Waals surface area (Å²) in [5.74, 6) is 1.39. The van der Waals surface area contributed by atoms with Crippen molar-refractivity contribution in [2.45, 2.75) is 18.9 Å². The fraction of sp³-hybridized carbons (Fsp3) is 0.300. The smallest absolute Gasteiger partial charge is 0.223 e. The summed E-state index contributed by atoms with van der Waals surface area (Å²) in [7, 11) is 3.30. The van der Waals surface area contributed by atoms with Gasteiger partial charge in [-0.05, 0) is 34.9 Å². The average molecular weight is 485 g/mol. The van der Waals surface area contributed by atoms with Gasteiger partial charge in [-0.2, -0.15) is 0 Å². The largest absolute Gasteiger partial charge is 0.497 e. The number of carbonyl (C=O) groups is 1. The monoisotopic (exact) mass is 484 g/mol. The molecule has 0 bridgehead atoms. The number of aromatic nitrogens is 1. The molecule has 5 rings (SSSR count). The van der Waals surface area contributed by atoms with E-state index in [9.17, 15) is 4.79 Å². The Balaban J connectivity index is 1.60. The van der Waals surface area contributed by atoms with Gasteiger partial charge in [-0.3, -0.25) is 4.79 Å². The molecule has 0 saturated carbocycles. The molecule has 1 aromatic heterocycles. The molecule has 6 heteroatoms. The van der Waals surface area contributed by atoms with Gasteiger partial charge in [-0.15, -0.1) is 0 Å². The average Bonchev–Trinajstić information content (AvgIpc) is 3.30. The number of nitrogens with zero attached hydrogens (tertiary/aromatic N) is 2. The molecule has 0 radical (unpaired) electrons. The molecular weight excluding hydrogens is 452 g/mol. The van der Waals surface area contributed by atoms with E-state index in [0.717, 1.165) is 28.6 Å². The first kappa shape index (κ1) is 23.9. The van der Waals surface area contributed by atoms with E-state index in [1.54, 1.807) is 14.2 Å². The molecule has 3 aromatic carbocycles. The Labute approximate surface area is 212 Å². The van der Waals surface area contributed by atoms with Crippen molar-refractivity contribution in [1.29, 1.82) is 0 Å². The fourth-order valence-electron chi connectivity index (χ4n) is 5.02. The molecule has 1 atom stereocenters. The highest BCUT2D eigenvalue weighted by Gasteiger charge is 2.27. The zero-order valence-corrected chi connectivity index (χ0v) is 20.9. The summed E-state index contributed by atoms with van der Waals surface area (Å²) in [6.07, 6.45) is 2.57. The van der Waals surface area contributed by atoms with E-state index in [1.165, 1.54) is 5.56 Å². The van der Waals surface area contributed by atoms with Crippen molar-refractivity contribution in [2.75, 3.05) is 40.5 Å². The van der Waals surface area contributed by atoms with Crippen LogP contribution >= 0.6 is 0 Å². The minimum Gasteiger partial charge on any atom is -0.497 e. The molecule has 1 saturated heterocycles. The molecule has 0 N–H and O–H groups in total. The number of para-hydroxylation sites is 1. The number of methoxy groups -OCH3 is 2. The SMILES string of the molecule is COc1cc(OC)cc(C(CC(=O)N2CCOCC2)c2cn(Cc3ccccc3)c3ccccc23)c1. The van der Waals surface area contributed by atoms with Gasteiger partial charge < -0.3 is 23.7 Å². The second-order valence-electron chi connectivity index (χ2n) is 9.11. The van der Waals surface area contributed by atoms with Gasteiger partial charge in [-0.1, -0.05) is 48.5 Å². The van der Waals surface area contributed by atoms with E-state index in [0.29, 0.717) is 44.2 Å². The Morgan fingerprint density at radius 1 is 0.917 bits per heavy atom. The van der Waals surface area contributed by atoms with Crippen molar-refractivity contribution in [2.24, 2.45) is 0 Å². The summed E-state index contributed by atoms with van der Waals surface area (Å²) in [6, 6.07) is 24.8. The third-order valence-corrected chi connectivity index (χ3v) is 6.91. The van der Waals surface area contributed by atoms with Crippen molar-refractivity contribution in [3.8, 4) is 11.5 Å². The van der Waals surface area contributed by atoms with Crippen molar-refractivity contribution in [3.63, 3.8) is 0 Å². The van der Waals surface area contributed by atoms with Crippen LogP contribution in [0.5, 0.6) is 11.5 Å². The van der Waals surface area contributed by atoms with Crippen molar-refractivity contribution >= 4 is 16.8 Å². The van der Waals surface area contributed by atoms with E-state index in [2.05, 4.69) is 59.3 Å². The highest BCUT2D eigenvalue weighted by Crippen LogP contribution is 2.38. The van der Waals surface area contributed by atoms with Crippen LogP contribution in [0.15, 0.2) is 79.0 Å². The lowest BCUT2D eigenvalue weighted by molar-refractivity contribution is -0.135. The predicted molar refractivity (Wildman–Crippen MR) is 141 cm³/mol. The second kappa shape index (κ2) is 10.9. The maximum atomic E-state index is 13.5. The van der Waals surface area contributed by atoms with Crippen LogP contribution in [0.1, 0.15) is 29.0 Å². The van der Waals surface area contributed by atoms with Crippen molar-refractivity contribution < 1.29 is 19.0 Å². The van der Waals surface area contributed by atoms with E-state index in [1.807, 2.05) is 29.2 Å². The highest BCUT2D eigenvalue weighted by molar-refractivity contribution is 5.87. The number of amides is 1. The van der Waals surface area contributed by atoms with Gasteiger partial charge in [-0.25, -0.2) is 0 Å². The van der Waals surface area contributed by atoms with Crippen LogP contribution in [0.4, 0.5) is 0 Å². The van der Waals surface area contributed by atoms with Crippen LogP contribution in [0, 0.1) is 0 Å². The van der Waals surface area contributed by atoms with Crippen molar-refractivity contribution in [3.05, 3.63) is 95.7 Å². The number of morpholine rings is 1. The Bertz CT molecular complexity index is 1300. The van der Waals surface area contributed by atoms with Crippen LogP contribution in [0.3, 0.4) is 0 Å². The minimum absolute atomic E-state index is 0.130. The summed E-state index contributed by atoms with van der Waals surface area (Å²) in [4.78, 5) is 15.4. The second-order valence-corrected chi connectivity index (χ2v) is 9.11. The number of fused-ring (bicyclic) bond motifs is 1. The van der Waals surface area contributed by atoms with Gasteiger partial charge in [0, 0.05) is 55.1 Å². The molecular formula is C30H32N2O4. The zero-order valence-electron chi connectivity index (χ0n) is 20.9. The molecule has 1 unspecified atom stereocenters. The summed E-state index contributed by atoms with van der Waals surface area (Å²) >= 11 is 0. The first-order chi connectivity index (χ1) is 17.7. The highest BCUT2D eigenvalue weighted by atomic mass is 16.5. The number of carbonyl (C=O) groups excluding carboxylic acids is 1. The van der Waals surface area contributed by atoms with E-state index in [-0.39, 0.29) is 11.8 Å². The van der Waals surface area contributed by atoms with Crippen LogP contribution < -0.4 is 9.47 Å². The molecule has 1 aliphatic heterocycles. The van der Waals surface area contributed by atoms with Crippen LogP contribution in [-0.4, -0.2) is 55.9 Å². The Hall–Kier alpha value is -3.77. The van der Waals surface area contributed by atoms with E-state index >= 15 is 0 Å². The summed E-state index contributed by atoms with van der Waals surface area (Å²) < 4.78 is 18.9. The van der Waals surface area contributed by atoms with E-state index < -0.39 is 0 Å². The molecule has 36 heavy (non-hydrogen) atoms. The van der Waals surface area contributed by atoms with Gasteiger partial charge in [0.2, 0.25) is 5.91 Å². The van der Waals surface area contributed by atoms with Gasteiger partial charge in [0.1, 0.15) is 11.5 Å². The Morgan fingerprint density at radius 2 is 1.58 bits per heavy atom. The van der Waals surface area contributed by atoms with Crippen LogP contribution in [-0.2, 0) is 16.1 Å². The first-order valence-electron chi connectivity index (χ1n) is 12.4. The predicted octanol–water partition coefficient (Wildman–Crippen LogP) is 5.09. The van der Waals surface area contributed by atoms with Gasteiger partial charge in [0.25, 0.3) is 0 Å². The number of benzene rings is 3. The quantitative estimate of drug-likeness (QED) is 0.350. The lowest BCUT2D eigenvalue weighted by Crippen LogP contribution is -2.41. The molecule has 4 aromatic rings. The van der Waals surface area contributed by atoms with Gasteiger partial charge in [0.15, 0.2) is 0 Å². The molecule has 6 nitrogen and oxygen atoms in total. The summed E-state index contributed by atoms with van der Waals surface area (Å²) in [6.45, 7) is 3.18. The third-order valence-electron chi connectivity index (χ3n) is 6.91. The lowest BCUT2D eigenvalue weighted by atomic mass is 9.87. The van der Waals surface area contributed by atoms with E-state index in [4.69, 9.17) is 14.2 Å². The lowest BCUT2D eigenvalue weighted by Gasteiger charge is -2.29. The Morgan fingerprint density at radius 3 is 2.28 bits per heavy atom. The number of ether oxygens (including phenoxy) is 3. The topological polar surface area (TPSA) is 52.9 Å². The normalized spacial score (nSPS) is 14.6. The molecule has 1 aliphatic rings. The van der Waals surface area contributed by atoms with Crippen molar-refractivity contribution in [1.82, 2.24) is 9.47 Å². The molecule has 0 spiro atoms. The maximum Gasteiger partial charge on any atom is 0.223 e. The molecule has 1 fully saturated rings. The third kappa shape index (κ3) is 5.09. The molecule has 2 heterocycles. The molecule has 1 amide bonds. The Kier molecular flexibility index (Phi) is 7.23. The van der Waals surface area contributed by atoms with Gasteiger partial charge >= 0.3 is 0 Å². The maximum absolute atomic E-state index is 13.5. The van der Waals surface area contributed by atoms with Gasteiger partial charge in [0.05, 0.1) is 27.4 Å². The first-order valence-corrected chi connectivity index (χ1v) is 12.4. The summed E-state index contributed by atoms with van der Waals surface area (Å²) in [5.41, 5.74) is 4.50. The van der Waals surface area contributed by atoms with Crippen LogP contribution in [0.2, 0.25) is 0 Å². The number of hydrogen-bond acceptors (Lipinski definition) is 4. The standard InChI is InChI=1S/C30H32N2O4/c1-34-24-16-23(17-25(18-24)35-2)27(19-30(33)31-12-14-36-15-13-31)28-21-32(20-22-8-4-3-5-9-22)29-11-7-6-10-26(28)29/h3-11,16-18,21,27H,12-15,19-20H2,1-2H3.